The first-order valence-electron chi connectivity index (χ1n) is 6.58. The van der Waals surface area contributed by atoms with Gasteiger partial charge in [0.1, 0.15) is 5.84 Å². The van der Waals surface area contributed by atoms with Gasteiger partial charge in [0, 0.05) is 29.0 Å². The molecule has 0 aromatic heterocycles. The SMILES string of the molecule is COSc1cc(C(C)(C)C)cc(C2=NCCN2)c1C. The zero-order valence-corrected chi connectivity index (χ0v) is 13.1. The molecule has 1 aromatic carbocycles. The van der Waals surface area contributed by atoms with Gasteiger partial charge in [-0.15, -0.1) is 0 Å². The fourth-order valence-electron chi connectivity index (χ4n) is 2.12. The molecule has 0 amide bonds. The van der Waals surface area contributed by atoms with E-state index in [1.807, 2.05) is 0 Å². The molecule has 104 valence electrons. The molecule has 0 bridgehead atoms. The number of aliphatic imine (C=N–C) groups is 1. The quantitative estimate of drug-likeness (QED) is 0.861. The molecular weight excluding hydrogens is 256 g/mol. The third-order valence-corrected chi connectivity index (χ3v) is 4.10. The smallest absolute Gasteiger partial charge is 0.128 e. The highest BCUT2D eigenvalue weighted by atomic mass is 32.2. The van der Waals surface area contributed by atoms with Gasteiger partial charge in [0.15, 0.2) is 0 Å². The van der Waals surface area contributed by atoms with Crippen LogP contribution in [-0.2, 0) is 9.60 Å². The van der Waals surface area contributed by atoms with Crippen LogP contribution < -0.4 is 5.32 Å². The third-order valence-electron chi connectivity index (χ3n) is 3.33. The minimum atomic E-state index is 0.116. The first kappa shape index (κ1) is 14.4. The van der Waals surface area contributed by atoms with Gasteiger partial charge in [0.05, 0.1) is 13.7 Å². The summed E-state index contributed by atoms with van der Waals surface area (Å²) < 4.78 is 5.25. The van der Waals surface area contributed by atoms with Crippen molar-refractivity contribution in [2.24, 2.45) is 4.99 Å². The van der Waals surface area contributed by atoms with Gasteiger partial charge in [-0.2, -0.15) is 0 Å². The van der Waals surface area contributed by atoms with Gasteiger partial charge in [-0.3, -0.25) is 4.99 Å². The lowest BCUT2D eigenvalue weighted by atomic mass is 9.85. The van der Waals surface area contributed by atoms with E-state index in [9.17, 15) is 0 Å². The Bertz CT molecular complexity index is 504. The normalized spacial score (nSPS) is 15.3. The lowest BCUT2D eigenvalue weighted by Gasteiger charge is -2.22. The second-order valence-corrected chi connectivity index (χ2v) is 6.74. The van der Waals surface area contributed by atoms with Crippen LogP contribution in [0.2, 0.25) is 0 Å². The lowest BCUT2D eigenvalue weighted by molar-refractivity contribution is 0.489. The highest BCUT2D eigenvalue weighted by Crippen LogP contribution is 2.32. The van der Waals surface area contributed by atoms with Gasteiger partial charge < -0.3 is 9.50 Å². The largest absolute Gasteiger partial charge is 0.368 e. The summed E-state index contributed by atoms with van der Waals surface area (Å²) in [6.07, 6.45) is 0. The molecule has 1 heterocycles. The molecule has 4 heteroatoms. The molecule has 0 fully saturated rings. The van der Waals surface area contributed by atoms with Crippen LogP contribution in [0.25, 0.3) is 0 Å². The number of hydrogen-bond acceptors (Lipinski definition) is 4. The van der Waals surface area contributed by atoms with E-state index in [1.165, 1.54) is 33.6 Å². The van der Waals surface area contributed by atoms with Crippen molar-refractivity contribution >= 4 is 17.9 Å². The van der Waals surface area contributed by atoms with Crippen LogP contribution >= 0.6 is 12.0 Å². The second kappa shape index (κ2) is 5.55. The predicted molar refractivity (Wildman–Crippen MR) is 82.2 cm³/mol. The molecule has 0 unspecified atom stereocenters. The molecule has 3 nitrogen and oxygen atoms in total. The van der Waals surface area contributed by atoms with Gasteiger partial charge in [-0.1, -0.05) is 20.8 Å². The summed E-state index contributed by atoms with van der Waals surface area (Å²) in [5.74, 6) is 1.02. The minimum absolute atomic E-state index is 0.116. The summed E-state index contributed by atoms with van der Waals surface area (Å²) >= 11 is 1.42. The highest BCUT2D eigenvalue weighted by Gasteiger charge is 2.20. The fourth-order valence-corrected chi connectivity index (χ4v) is 2.71. The summed E-state index contributed by atoms with van der Waals surface area (Å²) in [5.41, 5.74) is 3.85. The van der Waals surface area contributed by atoms with Crippen molar-refractivity contribution in [3.8, 4) is 0 Å². The predicted octanol–water partition coefficient (Wildman–Crippen LogP) is 3.30. The maximum atomic E-state index is 5.25. The summed E-state index contributed by atoms with van der Waals surface area (Å²) in [6, 6.07) is 4.48. The van der Waals surface area contributed by atoms with Gasteiger partial charge in [-0.05, 0) is 35.6 Å². The van der Waals surface area contributed by atoms with E-state index in [0.717, 1.165) is 18.9 Å². The number of nitrogens with zero attached hydrogens (tertiary/aromatic N) is 1. The van der Waals surface area contributed by atoms with Crippen LogP contribution in [0.4, 0.5) is 0 Å². The van der Waals surface area contributed by atoms with E-state index in [4.69, 9.17) is 4.18 Å². The molecule has 2 rings (SSSR count). The van der Waals surface area contributed by atoms with Crippen LogP contribution in [0.1, 0.15) is 37.5 Å². The molecular formula is C15H22N2OS. The minimum Gasteiger partial charge on any atom is -0.368 e. The Labute approximate surface area is 120 Å². The number of benzene rings is 1. The summed E-state index contributed by atoms with van der Waals surface area (Å²) in [5, 5.41) is 3.36. The molecule has 0 saturated heterocycles. The Balaban J connectivity index is 2.54. The Kier molecular flexibility index (Phi) is 4.21. The molecule has 1 aromatic rings. The Morgan fingerprint density at radius 3 is 2.58 bits per heavy atom. The fraction of sp³-hybridized carbons (Fsp3) is 0.533. The van der Waals surface area contributed by atoms with Crippen LogP contribution in [-0.4, -0.2) is 26.0 Å². The molecule has 1 aliphatic rings. The van der Waals surface area contributed by atoms with Crippen LogP contribution in [0.15, 0.2) is 22.0 Å². The van der Waals surface area contributed by atoms with E-state index < -0.39 is 0 Å². The van der Waals surface area contributed by atoms with Gasteiger partial charge in [0.25, 0.3) is 0 Å². The molecule has 0 spiro atoms. The standard InChI is InChI=1S/C15H22N2OS/c1-10-12(14-16-6-7-17-14)8-11(15(2,3)4)9-13(10)19-18-5/h8-9H,6-7H2,1-5H3,(H,16,17). The van der Waals surface area contributed by atoms with Crippen molar-refractivity contribution in [1.29, 1.82) is 0 Å². The van der Waals surface area contributed by atoms with Crippen molar-refractivity contribution in [2.45, 2.75) is 38.0 Å². The zero-order valence-electron chi connectivity index (χ0n) is 12.3. The molecule has 0 aliphatic carbocycles. The average Bonchev–Trinajstić information content (AvgIpc) is 2.84. The van der Waals surface area contributed by atoms with Gasteiger partial charge >= 0.3 is 0 Å². The zero-order chi connectivity index (χ0) is 14.0. The van der Waals surface area contributed by atoms with Crippen molar-refractivity contribution in [1.82, 2.24) is 5.32 Å². The Morgan fingerprint density at radius 2 is 2.05 bits per heavy atom. The molecule has 0 saturated carbocycles. The maximum absolute atomic E-state index is 5.25. The number of rotatable bonds is 3. The van der Waals surface area contributed by atoms with E-state index in [0.29, 0.717) is 0 Å². The summed E-state index contributed by atoms with van der Waals surface area (Å²) in [7, 11) is 1.71. The van der Waals surface area contributed by atoms with E-state index in [2.05, 4.69) is 50.1 Å². The van der Waals surface area contributed by atoms with Crippen molar-refractivity contribution in [3.63, 3.8) is 0 Å². The monoisotopic (exact) mass is 278 g/mol. The van der Waals surface area contributed by atoms with Crippen LogP contribution in [0.5, 0.6) is 0 Å². The first-order chi connectivity index (χ1) is 8.93. The Morgan fingerprint density at radius 1 is 1.32 bits per heavy atom. The topological polar surface area (TPSA) is 33.6 Å². The highest BCUT2D eigenvalue weighted by molar-refractivity contribution is 7.94. The average molecular weight is 278 g/mol. The number of amidine groups is 1. The Hall–Kier alpha value is -1.00. The second-order valence-electron chi connectivity index (χ2n) is 5.80. The number of hydrogen-bond donors (Lipinski definition) is 1. The molecule has 0 radical (unpaired) electrons. The summed E-state index contributed by atoms with van der Waals surface area (Å²) in [6.45, 7) is 10.6. The van der Waals surface area contributed by atoms with E-state index in [-0.39, 0.29) is 5.41 Å². The maximum Gasteiger partial charge on any atom is 0.128 e. The van der Waals surface area contributed by atoms with Gasteiger partial charge in [-0.25, -0.2) is 0 Å². The lowest BCUT2D eigenvalue weighted by Crippen LogP contribution is -2.22. The van der Waals surface area contributed by atoms with Crippen LogP contribution in [0, 0.1) is 6.92 Å². The van der Waals surface area contributed by atoms with Gasteiger partial charge in [0.2, 0.25) is 0 Å². The van der Waals surface area contributed by atoms with E-state index >= 15 is 0 Å². The molecule has 1 N–H and O–H groups in total. The van der Waals surface area contributed by atoms with Crippen LogP contribution in [0.3, 0.4) is 0 Å². The molecule has 19 heavy (non-hydrogen) atoms. The van der Waals surface area contributed by atoms with E-state index in [1.54, 1.807) is 7.11 Å². The van der Waals surface area contributed by atoms with Crippen molar-refractivity contribution < 1.29 is 4.18 Å². The molecule has 0 atom stereocenters. The van der Waals surface area contributed by atoms with Crippen molar-refractivity contribution in [3.05, 3.63) is 28.8 Å². The summed E-state index contributed by atoms with van der Waals surface area (Å²) in [4.78, 5) is 5.71. The third kappa shape index (κ3) is 3.12. The molecule has 1 aliphatic heterocycles. The first-order valence-corrected chi connectivity index (χ1v) is 7.32. The number of nitrogens with one attached hydrogen (secondary N) is 1. The van der Waals surface area contributed by atoms with Crippen molar-refractivity contribution in [2.75, 3.05) is 20.2 Å².